The van der Waals surface area contributed by atoms with Crippen LogP contribution < -0.4 is 0 Å². The minimum absolute atomic E-state index is 0.000625. The Morgan fingerprint density at radius 2 is 1.73 bits per heavy atom. The number of rotatable bonds is 2. The predicted molar refractivity (Wildman–Crippen MR) is 89.4 cm³/mol. The summed E-state index contributed by atoms with van der Waals surface area (Å²) in [5, 5.41) is 11.5. The maximum Gasteiger partial charge on any atom is 0.168 e. The predicted octanol–water partition coefficient (Wildman–Crippen LogP) is 4.52. The molecule has 22 heavy (non-hydrogen) atoms. The van der Waals surface area contributed by atoms with Gasteiger partial charge in [-0.15, -0.1) is 0 Å². The average Bonchev–Trinajstić information content (AvgIpc) is 2.74. The second-order valence-electron chi connectivity index (χ2n) is 9.27. The maximum absolute atomic E-state index is 13.4. The third-order valence-electron chi connectivity index (χ3n) is 8.20. The molecule has 0 aliphatic heterocycles. The molecule has 0 aromatic carbocycles. The first-order chi connectivity index (χ1) is 10.0. The highest BCUT2D eigenvalue weighted by atomic mass is 16.3. The van der Waals surface area contributed by atoms with Crippen molar-refractivity contribution in [2.45, 2.75) is 79.2 Å². The van der Waals surface area contributed by atoms with Crippen molar-refractivity contribution in [2.24, 2.45) is 28.6 Å². The molecule has 5 atom stereocenters. The van der Waals surface area contributed by atoms with Crippen LogP contribution >= 0.6 is 0 Å². The topological polar surface area (TPSA) is 37.3 Å². The fourth-order valence-corrected chi connectivity index (χ4v) is 5.81. The Labute approximate surface area is 135 Å². The molecule has 0 spiro atoms. The molecule has 3 rings (SSSR count). The van der Waals surface area contributed by atoms with E-state index in [1.807, 2.05) is 0 Å². The van der Waals surface area contributed by atoms with Gasteiger partial charge in [0.15, 0.2) is 5.78 Å². The summed E-state index contributed by atoms with van der Waals surface area (Å²) in [6, 6.07) is 0. The summed E-state index contributed by atoms with van der Waals surface area (Å²) in [6.07, 6.45) is 4.68. The van der Waals surface area contributed by atoms with Crippen LogP contribution in [-0.4, -0.2) is 16.5 Å². The van der Waals surface area contributed by atoms with Crippen LogP contribution in [0.25, 0.3) is 0 Å². The molecule has 2 heteroatoms. The highest BCUT2D eigenvalue weighted by Crippen LogP contribution is 2.70. The lowest BCUT2D eigenvalue weighted by atomic mass is 9.59. The molecular weight excluding hydrogens is 272 g/mol. The molecule has 1 N–H and O–H groups in total. The Hall–Kier alpha value is -0.630. The number of carbonyl (C=O) groups is 1. The van der Waals surface area contributed by atoms with E-state index in [1.165, 1.54) is 11.1 Å². The van der Waals surface area contributed by atoms with Crippen molar-refractivity contribution in [3.8, 4) is 0 Å². The summed E-state index contributed by atoms with van der Waals surface area (Å²) < 4.78 is 0. The summed E-state index contributed by atoms with van der Waals surface area (Å²) in [5.74, 6) is 0.986. The van der Waals surface area contributed by atoms with Gasteiger partial charge < -0.3 is 5.11 Å². The molecule has 0 amide bonds. The van der Waals surface area contributed by atoms with Crippen LogP contribution in [0.5, 0.6) is 0 Å². The van der Waals surface area contributed by atoms with Gasteiger partial charge in [-0.25, -0.2) is 0 Å². The first-order valence-electron chi connectivity index (χ1n) is 8.96. The number of allylic oxidation sites excluding steroid dienone is 2. The largest absolute Gasteiger partial charge is 0.381 e. The molecule has 124 valence electrons. The lowest BCUT2D eigenvalue weighted by Crippen LogP contribution is -2.56. The van der Waals surface area contributed by atoms with Gasteiger partial charge in [0, 0.05) is 11.3 Å². The summed E-state index contributed by atoms with van der Waals surface area (Å²) in [7, 11) is 0. The average molecular weight is 304 g/mol. The maximum atomic E-state index is 13.4. The van der Waals surface area contributed by atoms with E-state index < -0.39 is 5.60 Å². The van der Waals surface area contributed by atoms with E-state index in [9.17, 15) is 9.90 Å². The number of hydrogen-bond donors (Lipinski definition) is 1. The quantitative estimate of drug-likeness (QED) is 0.762. The first-order valence-corrected chi connectivity index (χ1v) is 8.96. The van der Waals surface area contributed by atoms with Gasteiger partial charge in [-0.05, 0) is 63.2 Å². The minimum Gasteiger partial charge on any atom is -0.381 e. The molecule has 0 saturated heterocycles. The van der Waals surface area contributed by atoms with Crippen LogP contribution in [-0.2, 0) is 4.79 Å². The highest BCUT2D eigenvalue weighted by molar-refractivity contribution is 5.91. The molecule has 0 aromatic heterocycles. The van der Waals surface area contributed by atoms with E-state index >= 15 is 0 Å². The Morgan fingerprint density at radius 3 is 2.23 bits per heavy atom. The molecule has 0 unspecified atom stereocenters. The Balaban J connectivity index is 1.94. The first kappa shape index (κ1) is 16.2. The van der Waals surface area contributed by atoms with E-state index in [0.717, 1.165) is 25.7 Å². The van der Waals surface area contributed by atoms with Gasteiger partial charge in [-0.3, -0.25) is 4.79 Å². The van der Waals surface area contributed by atoms with Crippen molar-refractivity contribution < 1.29 is 9.90 Å². The van der Waals surface area contributed by atoms with Gasteiger partial charge in [0.2, 0.25) is 0 Å². The van der Waals surface area contributed by atoms with Gasteiger partial charge in [0.25, 0.3) is 0 Å². The molecule has 0 aromatic rings. The number of carbonyl (C=O) groups excluding carboxylic acids is 1. The van der Waals surface area contributed by atoms with E-state index in [1.54, 1.807) is 0 Å². The summed E-state index contributed by atoms with van der Waals surface area (Å²) >= 11 is 0. The van der Waals surface area contributed by atoms with Gasteiger partial charge in [0.05, 0.1) is 0 Å². The zero-order valence-electron chi connectivity index (χ0n) is 15.1. The van der Waals surface area contributed by atoms with Crippen LogP contribution in [0.2, 0.25) is 0 Å². The van der Waals surface area contributed by atoms with Crippen LogP contribution in [0.3, 0.4) is 0 Å². The fourth-order valence-electron chi connectivity index (χ4n) is 5.81. The number of hydrogen-bond acceptors (Lipinski definition) is 2. The lowest BCUT2D eigenvalue weighted by molar-refractivity contribution is -0.161. The van der Waals surface area contributed by atoms with Gasteiger partial charge in [-0.1, -0.05) is 38.8 Å². The monoisotopic (exact) mass is 304 g/mol. The van der Waals surface area contributed by atoms with E-state index in [0.29, 0.717) is 18.3 Å². The second kappa shape index (κ2) is 4.69. The summed E-state index contributed by atoms with van der Waals surface area (Å²) in [6.45, 7) is 13.2. The van der Waals surface area contributed by atoms with Crippen molar-refractivity contribution in [3.05, 3.63) is 11.1 Å². The third-order valence-corrected chi connectivity index (χ3v) is 8.20. The van der Waals surface area contributed by atoms with Gasteiger partial charge in [0.1, 0.15) is 5.60 Å². The van der Waals surface area contributed by atoms with E-state index in [4.69, 9.17) is 0 Å². The highest BCUT2D eigenvalue weighted by Gasteiger charge is 2.71. The molecule has 3 aliphatic rings. The minimum atomic E-state index is -1.11. The van der Waals surface area contributed by atoms with Crippen molar-refractivity contribution >= 4 is 5.78 Å². The van der Waals surface area contributed by atoms with Crippen molar-refractivity contribution in [1.82, 2.24) is 0 Å². The number of fused-ring (bicyclic) bond motifs is 2. The molecule has 3 aliphatic carbocycles. The Bertz CT molecular complexity index is 544. The molecule has 0 heterocycles. The molecule has 2 bridgehead atoms. The normalized spacial score (nSPS) is 47.1. The van der Waals surface area contributed by atoms with Crippen molar-refractivity contribution in [3.63, 3.8) is 0 Å². The molecule has 0 radical (unpaired) electrons. The molecule has 2 fully saturated rings. The zero-order chi connectivity index (χ0) is 16.5. The Morgan fingerprint density at radius 1 is 1.14 bits per heavy atom. The second-order valence-corrected chi connectivity index (χ2v) is 9.27. The number of Topliss-reactive ketones (excluding diaryl/α,β-unsaturated/α-hetero) is 1. The van der Waals surface area contributed by atoms with Crippen LogP contribution in [0.1, 0.15) is 73.6 Å². The van der Waals surface area contributed by atoms with Gasteiger partial charge in [-0.2, -0.15) is 0 Å². The van der Waals surface area contributed by atoms with Crippen LogP contribution in [0.15, 0.2) is 11.1 Å². The lowest BCUT2D eigenvalue weighted by Gasteiger charge is -2.46. The zero-order valence-corrected chi connectivity index (χ0v) is 15.1. The molecular formula is C20H32O2. The Kier molecular flexibility index (Phi) is 3.46. The van der Waals surface area contributed by atoms with Gasteiger partial charge >= 0.3 is 0 Å². The SMILES string of the molecule is CC1=C(C)C[C@H](C(=O)[C@@]2(O)C[C@H]3CC[C@]2(C)C3(C)C)[C@H](C)C1. The van der Waals surface area contributed by atoms with E-state index in [2.05, 4.69) is 41.5 Å². The van der Waals surface area contributed by atoms with Crippen molar-refractivity contribution in [1.29, 1.82) is 0 Å². The van der Waals surface area contributed by atoms with Crippen LogP contribution in [0, 0.1) is 28.6 Å². The smallest absolute Gasteiger partial charge is 0.168 e. The van der Waals surface area contributed by atoms with Crippen molar-refractivity contribution in [2.75, 3.05) is 0 Å². The summed E-state index contributed by atoms with van der Waals surface area (Å²) in [5.41, 5.74) is 1.49. The standard InChI is InChI=1S/C20H32O2/c1-12-9-14(3)16(10-13(12)2)17(21)20(22)11-15-7-8-19(20,6)18(15,4)5/h14-16,22H,7-11H2,1-6H3/t14-,15-,16+,19-,20+/m1/s1. The molecule has 2 nitrogen and oxygen atoms in total. The summed E-state index contributed by atoms with van der Waals surface area (Å²) in [4.78, 5) is 13.4. The molecule has 2 saturated carbocycles. The number of ketones is 1. The van der Waals surface area contributed by atoms with E-state index in [-0.39, 0.29) is 22.5 Å². The fraction of sp³-hybridized carbons (Fsp3) is 0.850. The third kappa shape index (κ3) is 1.79. The number of aliphatic hydroxyl groups is 1. The van der Waals surface area contributed by atoms with Crippen LogP contribution in [0.4, 0.5) is 0 Å².